The van der Waals surface area contributed by atoms with E-state index >= 15 is 0 Å². The van der Waals surface area contributed by atoms with E-state index in [0.717, 1.165) is 47.4 Å². The first kappa shape index (κ1) is 19.0. The minimum absolute atomic E-state index is 0.0396. The van der Waals surface area contributed by atoms with E-state index in [2.05, 4.69) is 15.5 Å². The van der Waals surface area contributed by atoms with Gasteiger partial charge in [0.2, 0.25) is 5.91 Å². The van der Waals surface area contributed by atoms with Crippen LogP contribution in [0.15, 0.2) is 59.8 Å². The van der Waals surface area contributed by atoms with Gasteiger partial charge < -0.3 is 10.1 Å². The number of carbonyl (C=O) groups excluding carboxylic acids is 1. The number of thioether (sulfide) groups is 1. The fourth-order valence-corrected chi connectivity index (χ4v) is 4.41. The van der Waals surface area contributed by atoms with Gasteiger partial charge in [0.15, 0.2) is 10.8 Å². The molecule has 1 amide bonds. The predicted molar refractivity (Wildman–Crippen MR) is 116 cm³/mol. The van der Waals surface area contributed by atoms with Gasteiger partial charge in [0.1, 0.15) is 5.82 Å². The Morgan fingerprint density at radius 1 is 1.13 bits per heavy atom. The minimum atomic E-state index is -0.0396. The molecule has 4 aromatic rings. The molecule has 30 heavy (non-hydrogen) atoms. The van der Waals surface area contributed by atoms with Gasteiger partial charge in [-0.3, -0.25) is 9.20 Å². The highest BCUT2D eigenvalue weighted by molar-refractivity contribution is 7.99. The number of para-hydroxylation sites is 1. The van der Waals surface area contributed by atoms with Gasteiger partial charge >= 0.3 is 0 Å². The molecule has 0 spiro atoms. The first-order valence-electron chi connectivity index (χ1n) is 10.00. The van der Waals surface area contributed by atoms with Crippen molar-refractivity contribution < 1.29 is 9.53 Å². The molecule has 0 saturated carbocycles. The fraction of sp³-hybridized carbons (Fsp3) is 0.273. The van der Waals surface area contributed by atoms with Gasteiger partial charge in [-0.15, -0.1) is 10.2 Å². The van der Waals surface area contributed by atoms with Crippen molar-refractivity contribution in [3.8, 4) is 11.4 Å². The average molecular weight is 420 g/mol. The maximum Gasteiger partial charge on any atom is 0.230 e. The van der Waals surface area contributed by atoms with E-state index in [9.17, 15) is 4.79 Å². The summed E-state index contributed by atoms with van der Waals surface area (Å²) in [6, 6.07) is 17.9. The zero-order valence-electron chi connectivity index (χ0n) is 16.3. The van der Waals surface area contributed by atoms with Gasteiger partial charge in [-0.25, -0.2) is 4.98 Å². The smallest absolute Gasteiger partial charge is 0.230 e. The first-order chi connectivity index (χ1) is 14.8. The molecular weight excluding hydrogens is 398 g/mol. The predicted octanol–water partition coefficient (Wildman–Crippen LogP) is 3.33. The van der Waals surface area contributed by atoms with Crippen LogP contribution in [0.1, 0.15) is 12.8 Å². The highest BCUT2D eigenvalue weighted by atomic mass is 32.2. The van der Waals surface area contributed by atoms with Crippen molar-refractivity contribution in [2.24, 2.45) is 0 Å². The third-order valence-corrected chi connectivity index (χ3v) is 6.06. The summed E-state index contributed by atoms with van der Waals surface area (Å²) < 4.78 is 7.50. The average Bonchev–Trinajstić information content (AvgIpc) is 3.46. The van der Waals surface area contributed by atoms with Crippen LogP contribution in [0.5, 0.6) is 0 Å². The number of nitrogens with zero attached hydrogens (tertiary/aromatic N) is 4. The molecule has 2 aromatic carbocycles. The van der Waals surface area contributed by atoms with Crippen LogP contribution in [-0.4, -0.2) is 50.5 Å². The zero-order valence-corrected chi connectivity index (χ0v) is 17.1. The Morgan fingerprint density at radius 2 is 1.97 bits per heavy atom. The third-order valence-electron chi connectivity index (χ3n) is 5.13. The van der Waals surface area contributed by atoms with Gasteiger partial charge in [0.25, 0.3) is 0 Å². The molecule has 5 rings (SSSR count). The van der Waals surface area contributed by atoms with E-state index in [-0.39, 0.29) is 17.8 Å². The summed E-state index contributed by atoms with van der Waals surface area (Å²) in [7, 11) is 0. The van der Waals surface area contributed by atoms with E-state index in [1.165, 1.54) is 11.8 Å². The maximum absolute atomic E-state index is 12.3. The Balaban J connectivity index is 1.45. The van der Waals surface area contributed by atoms with Crippen molar-refractivity contribution in [3.63, 3.8) is 0 Å². The summed E-state index contributed by atoms with van der Waals surface area (Å²) in [4.78, 5) is 17.2. The minimum Gasteiger partial charge on any atom is -0.376 e. The second-order valence-electron chi connectivity index (χ2n) is 7.19. The topological polar surface area (TPSA) is 81.4 Å². The molecule has 1 N–H and O–H groups in total. The van der Waals surface area contributed by atoms with Crippen LogP contribution < -0.4 is 5.32 Å². The molecule has 1 saturated heterocycles. The highest BCUT2D eigenvalue weighted by Gasteiger charge is 2.19. The molecule has 0 unspecified atom stereocenters. The zero-order chi connectivity index (χ0) is 20.3. The Hall–Kier alpha value is -2.97. The molecule has 1 fully saturated rings. The van der Waals surface area contributed by atoms with Crippen molar-refractivity contribution in [2.75, 3.05) is 18.9 Å². The number of fused-ring (bicyclic) bond motifs is 3. The molecule has 8 heteroatoms. The summed E-state index contributed by atoms with van der Waals surface area (Å²) in [5.74, 6) is 0.980. The molecule has 1 aliphatic rings. The second kappa shape index (κ2) is 8.41. The molecule has 0 bridgehead atoms. The number of hydrogen-bond donors (Lipinski definition) is 1. The first-order valence-corrected chi connectivity index (χ1v) is 11.0. The normalized spacial score (nSPS) is 16.3. The van der Waals surface area contributed by atoms with Crippen molar-refractivity contribution in [1.29, 1.82) is 0 Å². The number of aromatic nitrogens is 4. The van der Waals surface area contributed by atoms with Gasteiger partial charge in [-0.2, -0.15) is 0 Å². The van der Waals surface area contributed by atoms with Crippen LogP contribution in [0, 0.1) is 0 Å². The number of amides is 1. The molecule has 0 radical (unpaired) electrons. The molecule has 1 aliphatic heterocycles. The molecule has 1 atom stereocenters. The Morgan fingerprint density at radius 3 is 2.80 bits per heavy atom. The lowest BCUT2D eigenvalue weighted by molar-refractivity contribution is -0.119. The highest BCUT2D eigenvalue weighted by Crippen LogP contribution is 2.28. The fourth-order valence-electron chi connectivity index (χ4n) is 3.65. The third kappa shape index (κ3) is 3.76. The number of hydrogen-bond acceptors (Lipinski definition) is 6. The summed E-state index contributed by atoms with van der Waals surface area (Å²) in [6.45, 7) is 1.34. The molecule has 0 aliphatic carbocycles. The molecule has 3 heterocycles. The van der Waals surface area contributed by atoms with Crippen LogP contribution in [0.3, 0.4) is 0 Å². The van der Waals surface area contributed by atoms with E-state index < -0.39 is 0 Å². The van der Waals surface area contributed by atoms with E-state index in [4.69, 9.17) is 9.72 Å². The van der Waals surface area contributed by atoms with Gasteiger partial charge in [0.05, 0.1) is 17.4 Å². The Kier molecular flexibility index (Phi) is 5.33. The second-order valence-corrected chi connectivity index (χ2v) is 8.13. The summed E-state index contributed by atoms with van der Waals surface area (Å²) >= 11 is 1.36. The van der Waals surface area contributed by atoms with Crippen LogP contribution in [0.4, 0.5) is 0 Å². The molecule has 2 aromatic heterocycles. The molecular formula is C22H21N5O2S. The lowest BCUT2D eigenvalue weighted by atomic mass is 10.2. The number of nitrogens with one attached hydrogen (secondary N) is 1. The van der Waals surface area contributed by atoms with Crippen LogP contribution in [0.25, 0.3) is 27.9 Å². The van der Waals surface area contributed by atoms with E-state index in [1.807, 2.05) is 59.0 Å². The van der Waals surface area contributed by atoms with Crippen molar-refractivity contribution in [2.45, 2.75) is 24.1 Å². The SMILES string of the molecule is O=C(CSc1nnc2c3ccccc3nc(-c3ccccc3)n12)NC[C@H]1CCCO1. The summed E-state index contributed by atoms with van der Waals surface area (Å²) in [6.07, 6.45) is 2.19. The van der Waals surface area contributed by atoms with Crippen LogP contribution in [-0.2, 0) is 9.53 Å². The number of ether oxygens (including phenoxy) is 1. The van der Waals surface area contributed by atoms with Crippen molar-refractivity contribution in [3.05, 3.63) is 54.6 Å². The van der Waals surface area contributed by atoms with Gasteiger partial charge in [-0.1, -0.05) is 54.2 Å². The molecule has 152 valence electrons. The lowest BCUT2D eigenvalue weighted by Gasteiger charge is -2.11. The quantitative estimate of drug-likeness (QED) is 0.483. The standard InChI is InChI=1S/C22H21N5O2S/c28-19(23-13-16-9-6-12-29-16)14-30-22-26-25-21-17-10-4-5-11-18(17)24-20(27(21)22)15-7-2-1-3-8-15/h1-5,7-8,10-11,16H,6,9,12-14H2,(H,23,28)/t16-/m1/s1. The number of benzene rings is 2. The summed E-state index contributed by atoms with van der Waals surface area (Å²) in [5, 5.41) is 13.3. The van der Waals surface area contributed by atoms with Gasteiger partial charge in [-0.05, 0) is 25.0 Å². The number of carbonyl (C=O) groups is 1. The van der Waals surface area contributed by atoms with Crippen LogP contribution >= 0.6 is 11.8 Å². The maximum atomic E-state index is 12.3. The van der Waals surface area contributed by atoms with Crippen LogP contribution in [0.2, 0.25) is 0 Å². The van der Waals surface area contributed by atoms with Crippen molar-refractivity contribution in [1.82, 2.24) is 24.9 Å². The molecule has 7 nitrogen and oxygen atoms in total. The summed E-state index contributed by atoms with van der Waals surface area (Å²) in [5.41, 5.74) is 2.57. The lowest BCUT2D eigenvalue weighted by Crippen LogP contribution is -2.32. The van der Waals surface area contributed by atoms with Gasteiger partial charge in [0, 0.05) is 24.1 Å². The van der Waals surface area contributed by atoms with E-state index in [1.54, 1.807) is 0 Å². The largest absolute Gasteiger partial charge is 0.376 e. The Bertz CT molecular complexity index is 1190. The monoisotopic (exact) mass is 419 g/mol. The number of rotatable bonds is 6. The Labute approximate surface area is 177 Å². The van der Waals surface area contributed by atoms with E-state index in [0.29, 0.717) is 11.7 Å². The van der Waals surface area contributed by atoms with Crippen molar-refractivity contribution >= 4 is 34.2 Å².